The number of phosphoric ester groups is 1. The Hall–Kier alpha value is -2.03. The molecule has 0 aromatic carbocycles. The van der Waals surface area contributed by atoms with Gasteiger partial charge in [-0.25, -0.2) is 4.57 Å². The van der Waals surface area contributed by atoms with Gasteiger partial charge in [0.15, 0.2) is 6.10 Å². The Morgan fingerprint density at radius 1 is 0.291 bits per heavy atom. The first-order valence-electron chi connectivity index (χ1n) is 46.1. The van der Waals surface area contributed by atoms with E-state index in [1.165, 1.54) is 424 Å². The van der Waals surface area contributed by atoms with Gasteiger partial charge in [-0.1, -0.05) is 461 Å². The lowest BCUT2D eigenvalue weighted by Gasteiger charge is -2.19. The third-order valence-electron chi connectivity index (χ3n) is 21.2. The number of carbonyl (C=O) groups excluding carboxylic acids is 2. The molecule has 2 unspecified atom stereocenters. The van der Waals surface area contributed by atoms with Crippen LogP contribution in [0.2, 0.25) is 0 Å². The monoisotopic (exact) mass is 1470 g/mol. The van der Waals surface area contributed by atoms with Gasteiger partial charge in [0.25, 0.3) is 0 Å². The second-order valence-corrected chi connectivity index (χ2v) is 33.0. The van der Waals surface area contributed by atoms with Crippen LogP contribution in [-0.4, -0.2) is 49.3 Å². The Morgan fingerprint density at radius 2 is 0.505 bits per heavy atom. The highest BCUT2D eigenvalue weighted by molar-refractivity contribution is 7.47. The summed E-state index contributed by atoms with van der Waals surface area (Å²) in [6.07, 6.45) is 117. The summed E-state index contributed by atoms with van der Waals surface area (Å²) in [5.74, 6) is -0.797. The van der Waals surface area contributed by atoms with Gasteiger partial charge in [-0.15, -0.1) is 0 Å². The summed E-state index contributed by atoms with van der Waals surface area (Å²) in [4.78, 5) is 35.6. The number of hydrogen-bond donors (Lipinski definition) is 2. The standard InChI is InChI=1S/C93H178NO8P/c1-3-5-7-9-11-13-15-17-19-21-23-25-27-29-31-33-35-37-39-41-43-45-47-49-51-53-55-57-59-61-63-65-67-69-71-73-75-77-79-81-83-85-92(95)99-89-91(90-101-103(97,98)100-88-87-94)102-93(96)86-84-82-80-78-76-74-72-70-68-66-64-62-60-58-56-54-52-50-48-46-44-42-40-38-36-34-32-30-28-26-24-22-20-18-16-14-12-10-8-6-4-2/h15-18,21-24,91H,3-14,19-20,25-90,94H2,1-2H3,(H,97,98)/b17-15-,18-16-,23-21-,24-22-. The van der Waals surface area contributed by atoms with Crippen LogP contribution in [0.5, 0.6) is 0 Å². The Labute approximate surface area is 642 Å². The molecule has 608 valence electrons. The maximum Gasteiger partial charge on any atom is 0.472 e. The Morgan fingerprint density at radius 3 is 0.738 bits per heavy atom. The first kappa shape index (κ1) is 101. The van der Waals surface area contributed by atoms with Crippen molar-refractivity contribution in [1.29, 1.82) is 0 Å². The SMILES string of the molecule is CCCCCCC/C=C\C/C=C\CCCCCCCCCCCCCCCCCCCCCCCCCCCCCCCC(=O)OCC(COP(=O)(O)OCCN)OC(=O)CCCCCCCCCCCCCCCCCCCCCCCCCCCCCCC/C=C\C/C=C\CCCCCCC. The largest absolute Gasteiger partial charge is 0.472 e. The van der Waals surface area contributed by atoms with Crippen molar-refractivity contribution in [2.75, 3.05) is 26.4 Å². The van der Waals surface area contributed by atoms with Crippen LogP contribution in [0.25, 0.3) is 0 Å². The minimum atomic E-state index is -4.40. The number of carbonyl (C=O) groups is 2. The molecular formula is C93H178NO8P. The van der Waals surface area contributed by atoms with Crippen molar-refractivity contribution in [3.8, 4) is 0 Å². The third kappa shape index (κ3) is 88.8. The maximum atomic E-state index is 12.8. The van der Waals surface area contributed by atoms with Crippen molar-refractivity contribution in [3.63, 3.8) is 0 Å². The second-order valence-electron chi connectivity index (χ2n) is 31.5. The van der Waals surface area contributed by atoms with E-state index in [4.69, 9.17) is 24.3 Å². The molecule has 0 fully saturated rings. The smallest absolute Gasteiger partial charge is 0.462 e. The molecule has 103 heavy (non-hydrogen) atoms. The predicted octanol–water partition coefficient (Wildman–Crippen LogP) is 31.4. The topological polar surface area (TPSA) is 134 Å². The average Bonchev–Trinajstić information content (AvgIpc) is 1.08. The van der Waals surface area contributed by atoms with Gasteiger partial charge in [-0.05, 0) is 77.0 Å². The Bertz CT molecular complexity index is 1840. The van der Waals surface area contributed by atoms with Gasteiger partial charge >= 0.3 is 19.8 Å². The number of phosphoric acid groups is 1. The van der Waals surface area contributed by atoms with Gasteiger partial charge in [0.2, 0.25) is 0 Å². The normalized spacial score (nSPS) is 12.9. The zero-order valence-electron chi connectivity index (χ0n) is 69.1. The lowest BCUT2D eigenvalue weighted by molar-refractivity contribution is -0.161. The highest BCUT2D eigenvalue weighted by atomic mass is 31.2. The highest BCUT2D eigenvalue weighted by Crippen LogP contribution is 2.43. The van der Waals surface area contributed by atoms with Crippen molar-refractivity contribution in [3.05, 3.63) is 48.6 Å². The summed E-state index contributed by atoms with van der Waals surface area (Å²) in [5, 5.41) is 0. The fourth-order valence-electron chi connectivity index (χ4n) is 14.4. The molecule has 0 radical (unpaired) electrons. The summed E-state index contributed by atoms with van der Waals surface area (Å²) < 4.78 is 33.4. The molecule has 0 aromatic rings. The van der Waals surface area contributed by atoms with E-state index in [1.807, 2.05) is 0 Å². The van der Waals surface area contributed by atoms with E-state index < -0.39 is 26.5 Å². The quantitative estimate of drug-likeness (QED) is 0.0264. The summed E-state index contributed by atoms with van der Waals surface area (Å²) in [6.45, 7) is 3.82. The number of hydrogen-bond acceptors (Lipinski definition) is 8. The number of nitrogens with two attached hydrogens (primary N) is 1. The van der Waals surface area contributed by atoms with Gasteiger partial charge in [0.1, 0.15) is 6.61 Å². The van der Waals surface area contributed by atoms with Crippen LogP contribution in [0.1, 0.15) is 502 Å². The van der Waals surface area contributed by atoms with Crippen LogP contribution in [-0.2, 0) is 32.7 Å². The van der Waals surface area contributed by atoms with Crippen molar-refractivity contribution in [1.82, 2.24) is 0 Å². The van der Waals surface area contributed by atoms with E-state index in [0.29, 0.717) is 6.42 Å². The lowest BCUT2D eigenvalue weighted by atomic mass is 10.0. The molecule has 9 nitrogen and oxygen atoms in total. The summed E-state index contributed by atoms with van der Waals surface area (Å²) in [5.41, 5.74) is 5.43. The molecule has 0 bridgehead atoms. The van der Waals surface area contributed by atoms with E-state index in [9.17, 15) is 19.0 Å². The van der Waals surface area contributed by atoms with Crippen LogP contribution in [0.4, 0.5) is 0 Å². The zero-order valence-corrected chi connectivity index (χ0v) is 70.0. The predicted molar refractivity (Wildman–Crippen MR) is 450 cm³/mol. The average molecular weight is 1470 g/mol. The first-order chi connectivity index (χ1) is 50.8. The molecule has 10 heteroatoms. The number of esters is 2. The van der Waals surface area contributed by atoms with Gasteiger partial charge in [0, 0.05) is 19.4 Å². The van der Waals surface area contributed by atoms with Gasteiger partial charge < -0.3 is 20.1 Å². The molecule has 0 saturated carbocycles. The van der Waals surface area contributed by atoms with Crippen LogP contribution < -0.4 is 5.73 Å². The van der Waals surface area contributed by atoms with E-state index >= 15 is 0 Å². The van der Waals surface area contributed by atoms with E-state index in [-0.39, 0.29) is 38.6 Å². The third-order valence-corrected chi connectivity index (χ3v) is 22.2. The first-order valence-corrected chi connectivity index (χ1v) is 47.6. The van der Waals surface area contributed by atoms with Crippen LogP contribution in [0.15, 0.2) is 48.6 Å². The number of rotatable bonds is 89. The molecule has 0 aliphatic heterocycles. The molecule has 0 amide bonds. The van der Waals surface area contributed by atoms with E-state index in [2.05, 4.69) is 62.5 Å². The molecule has 0 saturated heterocycles. The van der Waals surface area contributed by atoms with Crippen molar-refractivity contribution < 1.29 is 37.6 Å². The van der Waals surface area contributed by atoms with Gasteiger partial charge in [0.05, 0.1) is 13.2 Å². The van der Waals surface area contributed by atoms with Crippen LogP contribution in [0.3, 0.4) is 0 Å². The van der Waals surface area contributed by atoms with Crippen molar-refractivity contribution in [2.24, 2.45) is 5.73 Å². The fourth-order valence-corrected chi connectivity index (χ4v) is 15.1. The number of allylic oxidation sites excluding steroid dienone is 8. The van der Waals surface area contributed by atoms with Gasteiger partial charge in [-0.2, -0.15) is 0 Å². The number of ether oxygens (including phenoxy) is 2. The molecular weight excluding hydrogens is 1290 g/mol. The second kappa shape index (κ2) is 88.9. The highest BCUT2D eigenvalue weighted by Gasteiger charge is 2.26. The molecule has 0 spiro atoms. The Balaban J connectivity index is 3.68. The molecule has 0 aliphatic rings. The van der Waals surface area contributed by atoms with E-state index in [0.717, 1.165) is 44.9 Å². The summed E-state index contributed by atoms with van der Waals surface area (Å²) in [6, 6.07) is 0. The maximum absolute atomic E-state index is 12.8. The van der Waals surface area contributed by atoms with Crippen LogP contribution >= 0.6 is 7.82 Å². The molecule has 0 heterocycles. The summed E-state index contributed by atoms with van der Waals surface area (Å²) >= 11 is 0. The zero-order chi connectivity index (χ0) is 74.3. The van der Waals surface area contributed by atoms with Gasteiger partial charge in [-0.3, -0.25) is 18.6 Å². The molecule has 0 aromatic heterocycles. The fraction of sp³-hybridized carbons (Fsp3) is 0.892. The summed E-state index contributed by atoms with van der Waals surface area (Å²) in [7, 11) is -4.40. The van der Waals surface area contributed by atoms with Crippen LogP contribution in [0, 0.1) is 0 Å². The lowest BCUT2D eigenvalue weighted by Crippen LogP contribution is -2.29. The van der Waals surface area contributed by atoms with Crippen molar-refractivity contribution in [2.45, 2.75) is 508 Å². The Kier molecular flexibility index (Phi) is 87.1. The molecule has 2 atom stereocenters. The molecule has 0 aliphatic carbocycles. The minimum absolute atomic E-state index is 0.0570. The molecule has 0 rings (SSSR count). The number of unbranched alkanes of at least 4 members (excludes halogenated alkanes) is 68. The minimum Gasteiger partial charge on any atom is -0.462 e. The van der Waals surface area contributed by atoms with E-state index in [1.54, 1.807) is 0 Å². The molecule has 3 N–H and O–H groups in total. The van der Waals surface area contributed by atoms with Crippen molar-refractivity contribution >= 4 is 19.8 Å².